The quantitative estimate of drug-likeness (QED) is 0.446. The molecule has 0 fully saturated rings. The van der Waals surface area contributed by atoms with Crippen LogP contribution in [0, 0.1) is 11.3 Å². The first-order valence-corrected chi connectivity index (χ1v) is 6.88. The minimum Gasteiger partial charge on any atom is -0.385 e. The van der Waals surface area contributed by atoms with Crippen LogP contribution in [0.5, 0.6) is 0 Å². The van der Waals surface area contributed by atoms with Crippen molar-refractivity contribution in [3.05, 3.63) is 11.9 Å². The van der Waals surface area contributed by atoms with Gasteiger partial charge in [0.2, 0.25) is 0 Å². The van der Waals surface area contributed by atoms with Gasteiger partial charge >= 0.3 is 0 Å². The van der Waals surface area contributed by atoms with Gasteiger partial charge in [0.25, 0.3) is 0 Å². The SMILES string of the molecule is CCN=CC=C(NC=N)N(CC)CC(C)CCOC. The van der Waals surface area contributed by atoms with Crippen LogP contribution in [0.1, 0.15) is 27.2 Å². The highest BCUT2D eigenvalue weighted by molar-refractivity contribution is 5.73. The molecule has 0 aromatic carbocycles. The molecular weight excluding hydrogens is 240 g/mol. The van der Waals surface area contributed by atoms with E-state index in [0.29, 0.717) is 5.92 Å². The molecule has 0 amide bonds. The summed E-state index contributed by atoms with van der Waals surface area (Å²) >= 11 is 0. The minimum absolute atomic E-state index is 0.541. The fourth-order valence-electron chi connectivity index (χ4n) is 1.73. The maximum atomic E-state index is 7.21. The van der Waals surface area contributed by atoms with Crippen LogP contribution in [0.2, 0.25) is 0 Å². The highest BCUT2D eigenvalue weighted by Gasteiger charge is 2.11. The summed E-state index contributed by atoms with van der Waals surface area (Å²) in [5.74, 6) is 1.46. The van der Waals surface area contributed by atoms with Crippen LogP contribution in [-0.4, -0.2) is 50.8 Å². The summed E-state index contributed by atoms with van der Waals surface area (Å²) < 4.78 is 5.11. The smallest absolute Gasteiger partial charge is 0.108 e. The van der Waals surface area contributed by atoms with E-state index in [1.807, 2.05) is 13.0 Å². The molecule has 5 heteroatoms. The van der Waals surface area contributed by atoms with Crippen molar-refractivity contribution in [1.29, 1.82) is 5.41 Å². The lowest BCUT2D eigenvalue weighted by molar-refractivity contribution is 0.169. The molecule has 0 aliphatic carbocycles. The van der Waals surface area contributed by atoms with Crippen molar-refractivity contribution in [1.82, 2.24) is 10.2 Å². The van der Waals surface area contributed by atoms with Crippen molar-refractivity contribution in [2.75, 3.05) is 33.4 Å². The Hall–Kier alpha value is -1.36. The zero-order chi connectivity index (χ0) is 14.5. The van der Waals surface area contributed by atoms with Gasteiger partial charge in [-0.25, -0.2) is 0 Å². The van der Waals surface area contributed by atoms with Crippen molar-refractivity contribution in [3.63, 3.8) is 0 Å². The van der Waals surface area contributed by atoms with Crippen LogP contribution >= 0.6 is 0 Å². The Bertz CT molecular complexity index is 289. The molecule has 1 unspecified atom stereocenters. The summed E-state index contributed by atoms with van der Waals surface area (Å²) in [7, 11) is 1.73. The molecule has 0 aliphatic heterocycles. The van der Waals surface area contributed by atoms with E-state index in [4.69, 9.17) is 10.1 Å². The first-order valence-electron chi connectivity index (χ1n) is 6.88. The third kappa shape index (κ3) is 8.37. The van der Waals surface area contributed by atoms with Crippen molar-refractivity contribution in [3.8, 4) is 0 Å². The van der Waals surface area contributed by atoms with Gasteiger partial charge in [0.15, 0.2) is 0 Å². The number of ether oxygens (including phenoxy) is 1. The van der Waals surface area contributed by atoms with Gasteiger partial charge in [-0.2, -0.15) is 0 Å². The van der Waals surface area contributed by atoms with Gasteiger partial charge in [-0.3, -0.25) is 10.4 Å². The van der Waals surface area contributed by atoms with Crippen LogP contribution in [0.25, 0.3) is 0 Å². The molecule has 0 spiro atoms. The van der Waals surface area contributed by atoms with E-state index in [9.17, 15) is 0 Å². The molecular formula is C14H28N4O. The molecule has 0 saturated heterocycles. The Balaban J connectivity index is 4.59. The van der Waals surface area contributed by atoms with Crippen LogP contribution in [0.3, 0.4) is 0 Å². The topological polar surface area (TPSA) is 60.7 Å². The number of rotatable bonds is 11. The summed E-state index contributed by atoms with van der Waals surface area (Å²) in [6, 6.07) is 0. The summed E-state index contributed by atoms with van der Waals surface area (Å²) in [5.41, 5.74) is 0. The minimum atomic E-state index is 0.541. The average Bonchev–Trinajstić information content (AvgIpc) is 2.42. The number of nitrogens with zero attached hydrogens (tertiary/aromatic N) is 2. The molecule has 0 heterocycles. The molecule has 0 rings (SSSR count). The summed E-state index contributed by atoms with van der Waals surface area (Å²) in [5, 5.41) is 10.2. The van der Waals surface area contributed by atoms with E-state index in [1.54, 1.807) is 13.3 Å². The largest absolute Gasteiger partial charge is 0.385 e. The molecule has 0 aromatic rings. The van der Waals surface area contributed by atoms with Crippen LogP contribution in [-0.2, 0) is 4.74 Å². The molecule has 110 valence electrons. The van der Waals surface area contributed by atoms with Gasteiger partial charge in [-0.05, 0) is 32.3 Å². The van der Waals surface area contributed by atoms with Gasteiger partial charge < -0.3 is 15.0 Å². The third-order valence-electron chi connectivity index (χ3n) is 2.81. The summed E-state index contributed by atoms with van der Waals surface area (Å²) in [4.78, 5) is 6.39. The van der Waals surface area contributed by atoms with Crippen molar-refractivity contribution < 1.29 is 4.74 Å². The van der Waals surface area contributed by atoms with E-state index in [2.05, 4.69) is 29.1 Å². The van der Waals surface area contributed by atoms with Crippen LogP contribution < -0.4 is 5.32 Å². The summed E-state index contributed by atoms with van der Waals surface area (Å²) in [6.07, 6.45) is 5.94. The van der Waals surface area contributed by atoms with Crippen molar-refractivity contribution in [2.45, 2.75) is 27.2 Å². The van der Waals surface area contributed by atoms with Crippen LogP contribution in [0.4, 0.5) is 0 Å². The lowest BCUT2D eigenvalue weighted by atomic mass is 10.1. The summed E-state index contributed by atoms with van der Waals surface area (Å²) in [6.45, 7) is 9.70. The fraction of sp³-hybridized carbons (Fsp3) is 0.714. The number of hydrogen-bond donors (Lipinski definition) is 2. The second-order valence-electron chi connectivity index (χ2n) is 4.41. The van der Waals surface area contributed by atoms with Gasteiger partial charge in [0, 0.05) is 39.6 Å². The van der Waals surface area contributed by atoms with Gasteiger partial charge in [0.05, 0.1) is 6.34 Å². The standard InChI is InChI=1S/C14H28N4O/c1-5-16-9-7-14(17-12-15)18(6-2)11-13(3)8-10-19-4/h7,9,12-13H,5-6,8,10-11H2,1-4H3,(H2,15,17). The lowest BCUT2D eigenvalue weighted by Gasteiger charge is -2.28. The molecule has 0 aromatic heterocycles. The molecule has 5 nitrogen and oxygen atoms in total. The molecule has 19 heavy (non-hydrogen) atoms. The number of allylic oxidation sites excluding steroid dienone is 1. The van der Waals surface area contributed by atoms with E-state index in [-0.39, 0.29) is 0 Å². The van der Waals surface area contributed by atoms with Crippen molar-refractivity contribution in [2.24, 2.45) is 10.9 Å². The zero-order valence-corrected chi connectivity index (χ0v) is 12.6. The monoisotopic (exact) mass is 268 g/mol. The Morgan fingerprint density at radius 3 is 2.74 bits per heavy atom. The Labute approximate surface area is 117 Å². The third-order valence-corrected chi connectivity index (χ3v) is 2.81. The number of aliphatic imine (C=N–C) groups is 1. The zero-order valence-electron chi connectivity index (χ0n) is 12.6. The number of hydrogen-bond acceptors (Lipinski definition) is 4. The number of nitrogens with one attached hydrogen (secondary N) is 2. The fourth-order valence-corrected chi connectivity index (χ4v) is 1.73. The van der Waals surface area contributed by atoms with E-state index in [0.717, 1.165) is 38.5 Å². The molecule has 1 atom stereocenters. The Morgan fingerprint density at radius 2 is 2.21 bits per heavy atom. The van der Waals surface area contributed by atoms with Crippen molar-refractivity contribution >= 4 is 12.6 Å². The Kier molecular flexibility index (Phi) is 10.9. The second kappa shape index (κ2) is 11.7. The molecule has 2 N–H and O–H groups in total. The maximum Gasteiger partial charge on any atom is 0.108 e. The van der Waals surface area contributed by atoms with Gasteiger partial charge in [-0.15, -0.1) is 0 Å². The van der Waals surface area contributed by atoms with E-state index in [1.165, 1.54) is 6.34 Å². The van der Waals surface area contributed by atoms with E-state index >= 15 is 0 Å². The molecule has 0 radical (unpaired) electrons. The molecule has 0 aliphatic rings. The molecule has 0 saturated carbocycles. The predicted octanol–water partition coefficient (Wildman–Crippen LogP) is 2.11. The van der Waals surface area contributed by atoms with Gasteiger partial charge in [0.1, 0.15) is 5.82 Å². The first-order chi connectivity index (χ1) is 9.19. The maximum absolute atomic E-state index is 7.21. The average molecular weight is 268 g/mol. The lowest BCUT2D eigenvalue weighted by Crippen LogP contribution is -2.34. The normalized spacial score (nSPS) is 13.6. The van der Waals surface area contributed by atoms with Gasteiger partial charge in [-0.1, -0.05) is 6.92 Å². The first kappa shape index (κ1) is 17.6. The highest BCUT2D eigenvalue weighted by atomic mass is 16.5. The predicted molar refractivity (Wildman–Crippen MR) is 81.9 cm³/mol. The second-order valence-corrected chi connectivity index (χ2v) is 4.41. The highest BCUT2D eigenvalue weighted by Crippen LogP contribution is 2.09. The van der Waals surface area contributed by atoms with E-state index < -0.39 is 0 Å². The Morgan fingerprint density at radius 1 is 1.47 bits per heavy atom. The van der Waals surface area contributed by atoms with Crippen LogP contribution in [0.15, 0.2) is 16.9 Å². The number of methoxy groups -OCH3 is 1. The molecule has 0 bridgehead atoms.